The van der Waals surface area contributed by atoms with E-state index in [9.17, 15) is 24.8 Å². The van der Waals surface area contributed by atoms with E-state index < -0.39 is 11.0 Å². The van der Waals surface area contributed by atoms with E-state index in [1.807, 2.05) is 0 Å². The molecule has 10 nitrogen and oxygen atoms in total. The quantitative estimate of drug-likeness (QED) is 0.178. The molecular formula is C22H25NO9. The monoisotopic (exact) mass is 447 g/mol. The van der Waals surface area contributed by atoms with Gasteiger partial charge in [0.15, 0.2) is 17.3 Å². The van der Waals surface area contributed by atoms with Gasteiger partial charge in [0.05, 0.1) is 42.9 Å². The number of phenols is 1. The summed E-state index contributed by atoms with van der Waals surface area (Å²) in [4.78, 5) is 34.0. The van der Waals surface area contributed by atoms with Gasteiger partial charge in [-0.1, -0.05) is 0 Å². The second kappa shape index (κ2) is 11.0. The molecule has 0 heterocycles. The van der Waals surface area contributed by atoms with E-state index in [4.69, 9.17) is 14.2 Å². The van der Waals surface area contributed by atoms with Gasteiger partial charge in [0.1, 0.15) is 17.6 Å². The largest absolute Gasteiger partial charge is 0.507 e. The van der Waals surface area contributed by atoms with Crippen LogP contribution in [0.1, 0.15) is 48.7 Å². The van der Waals surface area contributed by atoms with Gasteiger partial charge in [-0.2, -0.15) is 0 Å². The van der Waals surface area contributed by atoms with Crippen molar-refractivity contribution in [3.05, 3.63) is 51.6 Å². The number of carbonyl (C=O) groups is 2. The first-order chi connectivity index (χ1) is 15.2. The first-order valence-electron chi connectivity index (χ1n) is 9.74. The van der Waals surface area contributed by atoms with Gasteiger partial charge in [-0.25, -0.2) is 0 Å². The number of phenolic OH excluding ortho intramolecular Hbond substituents is 1. The summed E-state index contributed by atoms with van der Waals surface area (Å²) in [6, 6.07) is 6.84. The molecule has 32 heavy (non-hydrogen) atoms. The van der Waals surface area contributed by atoms with Gasteiger partial charge >= 0.3 is 5.97 Å². The topological polar surface area (TPSA) is 134 Å². The number of Topliss-reactive ketones (excluding diaryl/α,β-unsaturated/α-hetero) is 1. The van der Waals surface area contributed by atoms with Crippen molar-refractivity contribution in [3.63, 3.8) is 0 Å². The second-order valence-electron chi connectivity index (χ2n) is 6.84. The van der Waals surface area contributed by atoms with Crippen LogP contribution in [0.2, 0.25) is 0 Å². The Balaban J connectivity index is 2.28. The molecule has 10 heteroatoms. The van der Waals surface area contributed by atoms with E-state index in [0.717, 1.165) is 0 Å². The summed E-state index contributed by atoms with van der Waals surface area (Å²) in [6.45, 7) is 3.05. The normalized spacial score (nSPS) is 11.4. The van der Waals surface area contributed by atoms with Crippen LogP contribution in [0, 0.1) is 10.1 Å². The fourth-order valence-electron chi connectivity index (χ4n) is 2.96. The van der Waals surface area contributed by atoms with E-state index in [1.54, 1.807) is 6.92 Å². The zero-order chi connectivity index (χ0) is 23.8. The zero-order valence-electron chi connectivity index (χ0n) is 18.2. The van der Waals surface area contributed by atoms with Crippen LogP contribution in [-0.4, -0.2) is 42.6 Å². The number of ether oxygens (including phenoxy) is 4. The number of ketones is 1. The summed E-state index contributed by atoms with van der Waals surface area (Å²) in [6.07, 6.45) is -0.273. The Morgan fingerprint density at radius 2 is 1.88 bits per heavy atom. The molecule has 1 unspecified atom stereocenters. The average Bonchev–Trinajstić information content (AvgIpc) is 2.76. The Hall–Kier alpha value is -3.82. The SMILES string of the molecule is COC(=O)CCCOc1cc([N+](=O)[O-])c(C(C)Oc2ccc(O)c(C(C)=O)c2)cc1OC. The van der Waals surface area contributed by atoms with Crippen LogP contribution in [0.15, 0.2) is 30.3 Å². The number of rotatable bonds is 11. The minimum absolute atomic E-state index is 0.0810. The van der Waals surface area contributed by atoms with Crippen molar-refractivity contribution in [3.8, 4) is 23.0 Å². The smallest absolute Gasteiger partial charge is 0.305 e. The highest BCUT2D eigenvalue weighted by atomic mass is 16.6. The van der Waals surface area contributed by atoms with Crippen LogP contribution >= 0.6 is 0 Å². The van der Waals surface area contributed by atoms with Gasteiger partial charge < -0.3 is 24.1 Å². The van der Waals surface area contributed by atoms with Crippen LogP contribution in [0.3, 0.4) is 0 Å². The summed E-state index contributed by atoms with van der Waals surface area (Å²) in [7, 11) is 2.69. The zero-order valence-corrected chi connectivity index (χ0v) is 18.2. The van der Waals surface area contributed by atoms with Crippen LogP contribution in [-0.2, 0) is 9.53 Å². The number of esters is 1. The van der Waals surface area contributed by atoms with E-state index in [2.05, 4.69) is 4.74 Å². The molecule has 0 aliphatic carbocycles. The number of methoxy groups -OCH3 is 2. The fourth-order valence-corrected chi connectivity index (χ4v) is 2.96. The maximum absolute atomic E-state index is 11.7. The predicted molar refractivity (Wildman–Crippen MR) is 114 cm³/mol. The maximum atomic E-state index is 11.7. The summed E-state index contributed by atoms with van der Waals surface area (Å²) < 4.78 is 21.3. The Kier molecular flexibility index (Phi) is 8.39. The Bertz CT molecular complexity index is 1000. The van der Waals surface area contributed by atoms with Gasteiger partial charge in [0.2, 0.25) is 0 Å². The molecule has 0 spiro atoms. The number of benzene rings is 2. The minimum Gasteiger partial charge on any atom is -0.507 e. The number of nitrogens with zero attached hydrogens (tertiary/aromatic N) is 1. The molecule has 2 aromatic carbocycles. The molecular weight excluding hydrogens is 422 g/mol. The number of nitro benzene ring substituents is 1. The highest BCUT2D eigenvalue weighted by molar-refractivity contribution is 5.97. The van der Waals surface area contributed by atoms with Crippen LogP contribution in [0.5, 0.6) is 23.0 Å². The lowest BCUT2D eigenvalue weighted by Crippen LogP contribution is -2.09. The van der Waals surface area contributed by atoms with Crippen LogP contribution in [0.25, 0.3) is 0 Å². The molecule has 0 radical (unpaired) electrons. The molecule has 0 saturated carbocycles. The maximum Gasteiger partial charge on any atom is 0.305 e. The van der Waals surface area contributed by atoms with E-state index in [1.165, 1.54) is 51.5 Å². The third kappa shape index (κ3) is 6.10. The Labute approximate surface area is 184 Å². The van der Waals surface area contributed by atoms with Crippen molar-refractivity contribution in [2.75, 3.05) is 20.8 Å². The molecule has 0 aliphatic rings. The highest BCUT2D eigenvalue weighted by Crippen LogP contribution is 2.39. The lowest BCUT2D eigenvalue weighted by atomic mass is 10.1. The molecule has 0 aromatic heterocycles. The molecule has 1 N–H and O–H groups in total. The van der Waals surface area contributed by atoms with Crippen LogP contribution < -0.4 is 14.2 Å². The van der Waals surface area contributed by atoms with Gasteiger partial charge in [0.25, 0.3) is 5.69 Å². The number of carbonyl (C=O) groups excluding carboxylic acids is 2. The highest BCUT2D eigenvalue weighted by Gasteiger charge is 2.25. The van der Waals surface area contributed by atoms with Crippen molar-refractivity contribution >= 4 is 17.4 Å². The molecule has 0 bridgehead atoms. The summed E-state index contributed by atoms with van der Waals surface area (Å²) >= 11 is 0. The predicted octanol–water partition coefficient (Wildman–Crippen LogP) is 3.98. The van der Waals surface area contributed by atoms with Crippen molar-refractivity contribution in [1.82, 2.24) is 0 Å². The molecule has 0 aliphatic heterocycles. The molecule has 0 fully saturated rings. The molecule has 0 saturated heterocycles. The van der Waals surface area contributed by atoms with Gasteiger partial charge in [0, 0.05) is 6.42 Å². The minimum atomic E-state index is -0.790. The summed E-state index contributed by atoms with van der Waals surface area (Å²) in [5.74, 6) is -0.231. The molecule has 172 valence electrons. The molecule has 0 amide bonds. The second-order valence-corrected chi connectivity index (χ2v) is 6.84. The van der Waals surface area contributed by atoms with Crippen LogP contribution in [0.4, 0.5) is 5.69 Å². The summed E-state index contributed by atoms with van der Waals surface area (Å²) in [5, 5.41) is 21.5. The number of hydrogen-bond acceptors (Lipinski definition) is 9. The van der Waals surface area contributed by atoms with Gasteiger partial charge in [-0.05, 0) is 44.5 Å². The van der Waals surface area contributed by atoms with E-state index in [-0.39, 0.29) is 64.6 Å². The standard InChI is InChI=1S/C22H25NO9/c1-13(24)16-10-15(7-8-19(16)25)32-14(2)17-11-20(29-3)21(12-18(17)23(27)28)31-9-5-6-22(26)30-4/h7-8,10-12,14,25H,5-6,9H2,1-4H3. The third-order valence-electron chi connectivity index (χ3n) is 4.62. The molecule has 2 aromatic rings. The van der Waals surface area contributed by atoms with Gasteiger partial charge in [-0.15, -0.1) is 0 Å². The van der Waals surface area contributed by atoms with E-state index in [0.29, 0.717) is 6.42 Å². The van der Waals surface area contributed by atoms with Crippen molar-refractivity contribution in [2.24, 2.45) is 0 Å². The first kappa shape index (κ1) is 24.4. The lowest BCUT2D eigenvalue weighted by molar-refractivity contribution is -0.386. The number of aromatic hydroxyl groups is 1. The Morgan fingerprint density at radius 3 is 2.47 bits per heavy atom. The molecule has 1 atom stereocenters. The molecule has 2 rings (SSSR count). The van der Waals surface area contributed by atoms with Crippen molar-refractivity contribution in [2.45, 2.75) is 32.8 Å². The van der Waals surface area contributed by atoms with Crippen molar-refractivity contribution < 1.29 is 38.6 Å². The Morgan fingerprint density at radius 1 is 1.16 bits per heavy atom. The summed E-state index contributed by atoms with van der Waals surface area (Å²) in [5.41, 5.74) is 0.0653. The van der Waals surface area contributed by atoms with Crippen molar-refractivity contribution in [1.29, 1.82) is 0 Å². The fraction of sp³-hybridized carbons (Fsp3) is 0.364. The number of nitro groups is 1. The third-order valence-corrected chi connectivity index (χ3v) is 4.62. The number of hydrogen-bond donors (Lipinski definition) is 1. The van der Waals surface area contributed by atoms with Gasteiger partial charge in [-0.3, -0.25) is 19.7 Å². The van der Waals surface area contributed by atoms with E-state index >= 15 is 0 Å². The lowest BCUT2D eigenvalue weighted by Gasteiger charge is -2.18. The first-order valence-corrected chi connectivity index (χ1v) is 9.74. The average molecular weight is 447 g/mol.